The summed E-state index contributed by atoms with van der Waals surface area (Å²) in [4.78, 5) is 15.4. The molecular formula is C20H22N6O. The number of phenolic OH excluding ortho intramolecular Hbond substituents is 1. The quantitative estimate of drug-likeness (QED) is 0.656. The standard InChI is InChI=1S/C20H22N6O/c1-13(26-10-9-14-7-8-17(27)11-15(14)12-26)18-23-19(21)25-20(24-18)22-16-5-3-2-4-6-16/h2-8,11,13,27H,9-10,12H2,1H3,(H3,21,22,23,24,25). The number of rotatable bonds is 4. The molecule has 27 heavy (non-hydrogen) atoms. The Labute approximate surface area is 157 Å². The molecule has 4 N–H and O–H groups in total. The van der Waals surface area contributed by atoms with Crippen LogP contribution in [-0.4, -0.2) is 31.5 Å². The summed E-state index contributed by atoms with van der Waals surface area (Å²) in [5.41, 5.74) is 9.23. The Morgan fingerprint density at radius 2 is 1.89 bits per heavy atom. The first kappa shape index (κ1) is 17.2. The number of aromatic hydroxyl groups is 1. The Morgan fingerprint density at radius 3 is 2.70 bits per heavy atom. The molecule has 4 rings (SSSR count). The first-order valence-corrected chi connectivity index (χ1v) is 8.97. The van der Waals surface area contributed by atoms with E-state index in [2.05, 4.69) is 32.1 Å². The number of nitrogen functional groups attached to an aromatic ring is 1. The minimum atomic E-state index is -0.0258. The van der Waals surface area contributed by atoms with Crippen LogP contribution in [0.25, 0.3) is 0 Å². The van der Waals surface area contributed by atoms with Crippen LogP contribution < -0.4 is 11.1 Å². The van der Waals surface area contributed by atoms with Gasteiger partial charge >= 0.3 is 0 Å². The number of phenols is 1. The third-order valence-electron chi connectivity index (χ3n) is 4.85. The van der Waals surface area contributed by atoms with Gasteiger partial charge in [0.05, 0.1) is 6.04 Å². The van der Waals surface area contributed by atoms with Gasteiger partial charge in [-0.25, -0.2) is 0 Å². The predicted molar refractivity (Wildman–Crippen MR) is 105 cm³/mol. The van der Waals surface area contributed by atoms with E-state index in [-0.39, 0.29) is 12.0 Å². The summed E-state index contributed by atoms with van der Waals surface area (Å²) in [5, 5.41) is 12.9. The maximum absolute atomic E-state index is 9.77. The number of hydrogen-bond donors (Lipinski definition) is 3. The van der Waals surface area contributed by atoms with Gasteiger partial charge in [-0.3, -0.25) is 4.90 Å². The van der Waals surface area contributed by atoms with Gasteiger partial charge in [-0.1, -0.05) is 24.3 Å². The van der Waals surface area contributed by atoms with Crippen LogP contribution in [0.2, 0.25) is 0 Å². The molecule has 0 spiro atoms. The van der Waals surface area contributed by atoms with Gasteiger partial charge in [0, 0.05) is 18.8 Å². The van der Waals surface area contributed by atoms with Crippen LogP contribution in [0, 0.1) is 0 Å². The average molecular weight is 362 g/mol. The molecule has 1 unspecified atom stereocenters. The number of nitrogens with two attached hydrogens (primary N) is 1. The number of benzene rings is 2. The number of fused-ring (bicyclic) bond motifs is 1. The second kappa shape index (κ2) is 7.20. The van der Waals surface area contributed by atoms with E-state index in [1.54, 1.807) is 6.07 Å². The molecule has 1 atom stereocenters. The first-order valence-electron chi connectivity index (χ1n) is 8.97. The second-order valence-electron chi connectivity index (χ2n) is 6.72. The zero-order valence-electron chi connectivity index (χ0n) is 15.1. The molecule has 7 heteroatoms. The van der Waals surface area contributed by atoms with E-state index in [0.717, 1.165) is 30.8 Å². The molecule has 0 saturated carbocycles. The number of nitrogens with one attached hydrogen (secondary N) is 1. The lowest BCUT2D eigenvalue weighted by Gasteiger charge is -2.33. The van der Waals surface area contributed by atoms with Crippen molar-refractivity contribution in [2.45, 2.75) is 25.9 Å². The van der Waals surface area contributed by atoms with E-state index in [9.17, 15) is 5.11 Å². The zero-order chi connectivity index (χ0) is 18.8. The molecule has 2 aromatic carbocycles. The van der Waals surface area contributed by atoms with Crippen molar-refractivity contribution in [2.75, 3.05) is 17.6 Å². The molecule has 1 aliphatic rings. The summed E-state index contributed by atoms with van der Waals surface area (Å²) in [6, 6.07) is 15.3. The number of aromatic nitrogens is 3. The summed E-state index contributed by atoms with van der Waals surface area (Å²) in [5.74, 6) is 1.55. The predicted octanol–water partition coefficient (Wildman–Crippen LogP) is 3.02. The van der Waals surface area contributed by atoms with Gasteiger partial charge in [-0.2, -0.15) is 15.0 Å². The fourth-order valence-electron chi connectivity index (χ4n) is 3.36. The molecule has 1 aliphatic heterocycles. The molecule has 0 fully saturated rings. The highest BCUT2D eigenvalue weighted by atomic mass is 16.3. The third kappa shape index (κ3) is 3.83. The van der Waals surface area contributed by atoms with Crippen LogP contribution in [0.3, 0.4) is 0 Å². The molecule has 0 saturated heterocycles. The molecule has 7 nitrogen and oxygen atoms in total. The van der Waals surface area contributed by atoms with Crippen molar-refractivity contribution in [3.63, 3.8) is 0 Å². The monoisotopic (exact) mass is 362 g/mol. The minimum Gasteiger partial charge on any atom is -0.508 e. The second-order valence-corrected chi connectivity index (χ2v) is 6.72. The summed E-state index contributed by atoms with van der Waals surface area (Å²) in [7, 11) is 0. The van der Waals surface area contributed by atoms with Gasteiger partial charge in [-0.05, 0) is 48.7 Å². The van der Waals surface area contributed by atoms with Gasteiger partial charge in [0.1, 0.15) is 5.75 Å². The number of anilines is 3. The Hall–Kier alpha value is -3.19. The molecule has 0 amide bonds. The summed E-state index contributed by atoms with van der Waals surface area (Å²) in [6.45, 7) is 3.69. The molecule has 0 aliphatic carbocycles. The van der Waals surface area contributed by atoms with Crippen LogP contribution in [0.1, 0.15) is 29.9 Å². The van der Waals surface area contributed by atoms with Crippen molar-refractivity contribution in [3.8, 4) is 5.75 Å². The number of para-hydroxylation sites is 1. The number of hydrogen-bond acceptors (Lipinski definition) is 7. The van der Waals surface area contributed by atoms with E-state index in [4.69, 9.17) is 5.73 Å². The average Bonchev–Trinajstić information content (AvgIpc) is 2.67. The lowest BCUT2D eigenvalue weighted by Crippen LogP contribution is -2.34. The van der Waals surface area contributed by atoms with Crippen LogP contribution in [0.15, 0.2) is 48.5 Å². The van der Waals surface area contributed by atoms with E-state index in [0.29, 0.717) is 17.5 Å². The Kier molecular flexibility index (Phi) is 4.60. The molecule has 0 radical (unpaired) electrons. The van der Waals surface area contributed by atoms with Crippen molar-refractivity contribution < 1.29 is 5.11 Å². The maximum atomic E-state index is 9.77. The lowest BCUT2D eigenvalue weighted by molar-refractivity contribution is 0.185. The number of nitrogens with zero attached hydrogens (tertiary/aromatic N) is 4. The van der Waals surface area contributed by atoms with Crippen LogP contribution >= 0.6 is 0 Å². The van der Waals surface area contributed by atoms with Crippen molar-refractivity contribution in [2.24, 2.45) is 0 Å². The van der Waals surface area contributed by atoms with Crippen LogP contribution in [-0.2, 0) is 13.0 Å². The van der Waals surface area contributed by atoms with Crippen LogP contribution in [0.5, 0.6) is 5.75 Å². The van der Waals surface area contributed by atoms with E-state index >= 15 is 0 Å². The lowest BCUT2D eigenvalue weighted by atomic mass is 9.98. The van der Waals surface area contributed by atoms with Gasteiger partial charge in [0.2, 0.25) is 11.9 Å². The van der Waals surface area contributed by atoms with Crippen molar-refractivity contribution in [1.29, 1.82) is 0 Å². The van der Waals surface area contributed by atoms with Gasteiger partial charge < -0.3 is 16.2 Å². The molecule has 3 aromatic rings. The van der Waals surface area contributed by atoms with E-state index in [1.165, 1.54) is 5.56 Å². The summed E-state index contributed by atoms with van der Waals surface area (Å²) < 4.78 is 0. The molecule has 0 bridgehead atoms. The summed E-state index contributed by atoms with van der Waals surface area (Å²) >= 11 is 0. The Balaban J connectivity index is 1.56. The highest BCUT2D eigenvalue weighted by Crippen LogP contribution is 2.28. The maximum Gasteiger partial charge on any atom is 0.232 e. The van der Waals surface area contributed by atoms with Crippen molar-refractivity contribution >= 4 is 17.6 Å². The first-order chi connectivity index (χ1) is 13.1. The molecule has 138 valence electrons. The van der Waals surface area contributed by atoms with Crippen LogP contribution in [0.4, 0.5) is 17.6 Å². The van der Waals surface area contributed by atoms with Gasteiger partial charge in [0.25, 0.3) is 0 Å². The SMILES string of the molecule is CC(c1nc(N)nc(Nc2ccccc2)n1)N1CCc2ccc(O)cc2C1. The Morgan fingerprint density at radius 1 is 1.07 bits per heavy atom. The van der Waals surface area contributed by atoms with Crippen molar-refractivity contribution in [3.05, 3.63) is 65.5 Å². The highest BCUT2D eigenvalue weighted by Gasteiger charge is 2.24. The molecule has 1 aromatic heterocycles. The summed E-state index contributed by atoms with van der Waals surface area (Å²) in [6.07, 6.45) is 0.926. The fourth-order valence-corrected chi connectivity index (χ4v) is 3.36. The molecular weight excluding hydrogens is 340 g/mol. The largest absolute Gasteiger partial charge is 0.508 e. The van der Waals surface area contributed by atoms with E-state index in [1.807, 2.05) is 42.5 Å². The topological polar surface area (TPSA) is 100 Å². The smallest absolute Gasteiger partial charge is 0.232 e. The van der Waals surface area contributed by atoms with Crippen molar-refractivity contribution in [1.82, 2.24) is 19.9 Å². The highest BCUT2D eigenvalue weighted by molar-refractivity contribution is 5.53. The minimum absolute atomic E-state index is 0.0258. The van der Waals surface area contributed by atoms with Gasteiger partial charge in [-0.15, -0.1) is 0 Å². The third-order valence-corrected chi connectivity index (χ3v) is 4.85. The Bertz CT molecular complexity index is 946. The van der Waals surface area contributed by atoms with E-state index < -0.39 is 0 Å². The van der Waals surface area contributed by atoms with Gasteiger partial charge in [0.15, 0.2) is 5.82 Å². The molecule has 2 heterocycles. The normalized spacial score (nSPS) is 15.1. The fraction of sp³-hybridized carbons (Fsp3) is 0.250. The zero-order valence-corrected chi connectivity index (χ0v) is 15.1.